The monoisotopic (exact) mass is 534 g/mol. The Kier molecular flexibility index (Phi) is 8.32. The number of piperidine rings is 1. The lowest BCUT2D eigenvalue weighted by molar-refractivity contribution is -0.137. The van der Waals surface area contributed by atoms with Gasteiger partial charge >= 0.3 is 6.09 Å². The minimum absolute atomic E-state index is 0.106. The van der Waals surface area contributed by atoms with Crippen LogP contribution in [0.5, 0.6) is 0 Å². The first-order chi connectivity index (χ1) is 18.5. The zero-order chi connectivity index (χ0) is 28.2. The molecule has 2 aromatic carbocycles. The highest BCUT2D eigenvalue weighted by atomic mass is 16.6. The number of hydrogen-bond acceptors (Lipinski definition) is 6. The second-order valence-corrected chi connectivity index (χ2v) is 10.9. The molecule has 0 radical (unpaired) electrons. The largest absolute Gasteiger partial charge is 0.444 e. The lowest BCUT2D eigenvalue weighted by atomic mass is 9.98. The highest BCUT2D eigenvalue weighted by molar-refractivity contribution is 6.05. The van der Waals surface area contributed by atoms with Gasteiger partial charge in [-0.05, 0) is 56.4 Å². The average molecular weight is 535 g/mol. The third kappa shape index (κ3) is 7.22. The molecule has 2 unspecified atom stereocenters. The van der Waals surface area contributed by atoms with Crippen LogP contribution < -0.4 is 16.0 Å². The van der Waals surface area contributed by atoms with Gasteiger partial charge in [0.05, 0.1) is 5.92 Å². The van der Waals surface area contributed by atoms with Crippen molar-refractivity contribution in [2.24, 2.45) is 5.92 Å². The number of rotatable bonds is 8. The molecule has 2 atom stereocenters. The second-order valence-electron chi connectivity index (χ2n) is 10.9. The van der Waals surface area contributed by atoms with Crippen LogP contribution in [0.25, 0.3) is 0 Å². The van der Waals surface area contributed by atoms with Crippen LogP contribution in [-0.2, 0) is 38.6 Å². The standard InChI is InChI=1S/C29H34N4O6/c1-29(2,3)39-28(38)31-16-20(13-18-7-5-4-6-8-18)25(35)30-15-19-9-10-22-21(14-19)17-33(27(22)37)23-11-12-24(34)32-26(23)36/h4-10,14,20,23H,11-13,15-17H2,1-3H3,(H,30,35)(H,31,38)(H,32,34,36). The van der Waals surface area contributed by atoms with E-state index in [1.807, 2.05) is 36.4 Å². The maximum absolute atomic E-state index is 13.2. The zero-order valence-electron chi connectivity index (χ0n) is 22.4. The van der Waals surface area contributed by atoms with Crippen molar-refractivity contribution in [3.63, 3.8) is 0 Å². The van der Waals surface area contributed by atoms with E-state index in [-0.39, 0.29) is 43.8 Å². The summed E-state index contributed by atoms with van der Waals surface area (Å²) in [6, 6.07) is 14.2. The summed E-state index contributed by atoms with van der Waals surface area (Å²) < 4.78 is 5.31. The average Bonchev–Trinajstić information content (AvgIpc) is 3.20. The fraction of sp³-hybridized carbons (Fsp3) is 0.414. The van der Waals surface area contributed by atoms with E-state index in [9.17, 15) is 24.0 Å². The number of carbonyl (C=O) groups excluding carboxylic acids is 5. The minimum Gasteiger partial charge on any atom is -0.444 e. The van der Waals surface area contributed by atoms with E-state index in [1.165, 1.54) is 4.90 Å². The SMILES string of the molecule is CC(C)(C)OC(=O)NCC(Cc1ccccc1)C(=O)NCc1ccc2c(c1)CN(C1CCC(=O)NC1=O)C2=O. The smallest absolute Gasteiger partial charge is 0.407 e. The van der Waals surface area contributed by atoms with E-state index in [2.05, 4.69) is 16.0 Å². The van der Waals surface area contributed by atoms with Gasteiger partial charge in [0.2, 0.25) is 17.7 Å². The number of benzene rings is 2. The van der Waals surface area contributed by atoms with Gasteiger partial charge in [-0.3, -0.25) is 24.5 Å². The number of nitrogens with zero attached hydrogens (tertiary/aromatic N) is 1. The Bertz CT molecular complexity index is 1270. The maximum atomic E-state index is 13.2. The second kappa shape index (κ2) is 11.7. The van der Waals surface area contributed by atoms with Crippen molar-refractivity contribution < 1.29 is 28.7 Å². The van der Waals surface area contributed by atoms with E-state index in [4.69, 9.17) is 4.74 Å². The number of amides is 5. The van der Waals surface area contributed by atoms with E-state index >= 15 is 0 Å². The molecule has 2 aliphatic rings. The van der Waals surface area contributed by atoms with Crippen LogP contribution >= 0.6 is 0 Å². The topological polar surface area (TPSA) is 134 Å². The molecule has 10 heteroatoms. The molecule has 5 amide bonds. The molecule has 10 nitrogen and oxygen atoms in total. The summed E-state index contributed by atoms with van der Waals surface area (Å²) in [6.45, 7) is 5.92. The predicted molar refractivity (Wildman–Crippen MR) is 142 cm³/mol. The van der Waals surface area contributed by atoms with Gasteiger partial charge in [-0.25, -0.2) is 4.79 Å². The van der Waals surface area contributed by atoms with E-state index < -0.39 is 29.6 Å². The molecule has 2 aromatic rings. The first-order valence-electron chi connectivity index (χ1n) is 13.0. The van der Waals surface area contributed by atoms with Crippen molar-refractivity contribution in [3.8, 4) is 0 Å². The van der Waals surface area contributed by atoms with Crippen molar-refractivity contribution in [1.82, 2.24) is 20.9 Å². The summed E-state index contributed by atoms with van der Waals surface area (Å²) in [5, 5.41) is 7.95. The molecular weight excluding hydrogens is 500 g/mol. The van der Waals surface area contributed by atoms with Gasteiger partial charge in [0, 0.05) is 31.6 Å². The van der Waals surface area contributed by atoms with Gasteiger partial charge in [0.25, 0.3) is 5.91 Å². The quantitative estimate of drug-likeness (QED) is 0.446. The molecule has 206 valence electrons. The van der Waals surface area contributed by atoms with Crippen molar-refractivity contribution >= 4 is 29.7 Å². The molecule has 1 fully saturated rings. The molecule has 0 aliphatic carbocycles. The third-order valence-corrected chi connectivity index (χ3v) is 6.64. The summed E-state index contributed by atoms with van der Waals surface area (Å²) >= 11 is 0. The van der Waals surface area contributed by atoms with Crippen LogP contribution in [-0.4, -0.2) is 52.8 Å². The van der Waals surface area contributed by atoms with Crippen molar-refractivity contribution in [2.45, 2.75) is 64.8 Å². The van der Waals surface area contributed by atoms with Gasteiger partial charge in [0.1, 0.15) is 11.6 Å². The van der Waals surface area contributed by atoms with Crippen LogP contribution in [0.3, 0.4) is 0 Å². The predicted octanol–water partition coefficient (Wildman–Crippen LogP) is 2.45. The van der Waals surface area contributed by atoms with Crippen LogP contribution in [0.2, 0.25) is 0 Å². The number of imide groups is 1. The number of carbonyl (C=O) groups is 5. The summed E-state index contributed by atoms with van der Waals surface area (Å²) in [6.07, 6.45) is 0.341. The third-order valence-electron chi connectivity index (χ3n) is 6.64. The fourth-order valence-corrected chi connectivity index (χ4v) is 4.75. The Morgan fingerprint density at radius 2 is 1.79 bits per heavy atom. The first kappa shape index (κ1) is 27.8. The van der Waals surface area contributed by atoms with E-state index in [0.29, 0.717) is 18.4 Å². The molecule has 0 saturated carbocycles. The van der Waals surface area contributed by atoms with Crippen molar-refractivity contribution in [1.29, 1.82) is 0 Å². The first-order valence-corrected chi connectivity index (χ1v) is 13.0. The highest BCUT2D eigenvalue weighted by Gasteiger charge is 2.39. The minimum atomic E-state index is -0.679. The lowest BCUT2D eigenvalue weighted by Gasteiger charge is -2.29. The van der Waals surface area contributed by atoms with Gasteiger partial charge in [-0.1, -0.05) is 42.5 Å². The number of fused-ring (bicyclic) bond motifs is 1. The van der Waals surface area contributed by atoms with Gasteiger partial charge in [-0.2, -0.15) is 0 Å². The molecule has 2 aliphatic heterocycles. The number of alkyl carbamates (subject to hydrolysis) is 1. The van der Waals surface area contributed by atoms with Crippen LogP contribution in [0, 0.1) is 5.92 Å². The molecular formula is C29H34N4O6. The number of ether oxygens (including phenoxy) is 1. The van der Waals surface area contributed by atoms with Crippen LogP contribution in [0.15, 0.2) is 48.5 Å². The number of hydrogen-bond donors (Lipinski definition) is 3. The van der Waals surface area contributed by atoms with Crippen molar-refractivity contribution in [3.05, 3.63) is 70.8 Å². The molecule has 0 bridgehead atoms. The fourth-order valence-electron chi connectivity index (χ4n) is 4.75. The van der Waals surface area contributed by atoms with Gasteiger partial charge < -0.3 is 20.3 Å². The molecule has 0 aromatic heterocycles. The molecule has 0 spiro atoms. The molecule has 3 N–H and O–H groups in total. The summed E-state index contributed by atoms with van der Waals surface area (Å²) in [5.74, 6) is -1.78. The Labute approximate surface area is 227 Å². The zero-order valence-corrected chi connectivity index (χ0v) is 22.4. The highest BCUT2D eigenvalue weighted by Crippen LogP contribution is 2.28. The molecule has 39 heavy (non-hydrogen) atoms. The summed E-state index contributed by atoms with van der Waals surface area (Å²) in [7, 11) is 0. The normalized spacial score (nSPS) is 17.8. The summed E-state index contributed by atoms with van der Waals surface area (Å²) in [5.41, 5.74) is 2.40. The molecule has 4 rings (SSSR count). The maximum Gasteiger partial charge on any atom is 0.407 e. The Balaban J connectivity index is 1.39. The van der Waals surface area contributed by atoms with Crippen molar-refractivity contribution in [2.75, 3.05) is 6.54 Å². The lowest BCUT2D eigenvalue weighted by Crippen LogP contribution is -2.52. The molecule has 2 heterocycles. The van der Waals surface area contributed by atoms with Gasteiger partial charge in [-0.15, -0.1) is 0 Å². The van der Waals surface area contributed by atoms with E-state index in [0.717, 1.165) is 16.7 Å². The van der Waals surface area contributed by atoms with Crippen LogP contribution in [0.4, 0.5) is 4.79 Å². The Hall–Kier alpha value is -4.21. The Morgan fingerprint density at radius 3 is 2.49 bits per heavy atom. The Morgan fingerprint density at radius 1 is 1.05 bits per heavy atom. The number of nitrogens with one attached hydrogen (secondary N) is 3. The summed E-state index contributed by atoms with van der Waals surface area (Å²) in [4.78, 5) is 63.6. The van der Waals surface area contributed by atoms with E-state index in [1.54, 1.807) is 32.9 Å². The molecule has 1 saturated heterocycles. The van der Waals surface area contributed by atoms with Crippen LogP contribution in [0.1, 0.15) is 60.7 Å². The van der Waals surface area contributed by atoms with Gasteiger partial charge in [0.15, 0.2) is 0 Å².